The summed E-state index contributed by atoms with van der Waals surface area (Å²) in [6, 6.07) is 5.22. The first-order valence-corrected chi connectivity index (χ1v) is 9.71. The van der Waals surface area contributed by atoms with Crippen LogP contribution in [0.1, 0.15) is 49.4 Å². The van der Waals surface area contributed by atoms with E-state index in [4.69, 9.17) is 0 Å². The highest BCUT2D eigenvalue weighted by Gasteiger charge is 2.26. The Bertz CT molecular complexity index is 656. The third kappa shape index (κ3) is 4.55. The number of carbonyl (C=O) groups excluding carboxylic acids is 1. The molecule has 2 saturated heterocycles. The molecule has 0 spiro atoms. The fourth-order valence-electron chi connectivity index (χ4n) is 4.07. The number of amides is 1. The van der Waals surface area contributed by atoms with Crippen LogP contribution in [0.3, 0.4) is 0 Å². The number of rotatable bonds is 6. The van der Waals surface area contributed by atoms with Gasteiger partial charge in [0.2, 0.25) is 5.91 Å². The van der Waals surface area contributed by atoms with Gasteiger partial charge in [0.1, 0.15) is 0 Å². The van der Waals surface area contributed by atoms with Gasteiger partial charge in [-0.15, -0.1) is 0 Å². The second-order valence-corrected chi connectivity index (χ2v) is 7.40. The van der Waals surface area contributed by atoms with E-state index >= 15 is 0 Å². The molecule has 1 amide bonds. The lowest BCUT2D eigenvalue weighted by Crippen LogP contribution is -2.41. The van der Waals surface area contributed by atoms with E-state index in [9.17, 15) is 14.7 Å². The molecule has 2 N–H and O–H groups in total. The number of likely N-dealkylation sites (tertiary alicyclic amines) is 1. The van der Waals surface area contributed by atoms with Crippen molar-refractivity contribution in [3.8, 4) is 0 Å². The zero-order valence-electron chi connectivity index (χ0n) is 15.5. The first kappa shape index (κ1) is 18.7. The summed E-state index contributed by atoms with van der Waals surface area (Å²) >= 11 is 0. The second-order valence-electron chi connectivity index (χ2n) is 7.40. The van der Waals surface area contributed by atoms with E-state index in [1.165, 1.54) is 32.4 Å². The Hall–Kier alpha value is -2.08. The Balaban J connectivity index is 1.73. The number of hydrogen-bond donors (Lipinski definition) is 2. The van der Waals surface area contributed by atoms with Gasteiger partial charge in [-0.25, -0.2) is 4.79 Å². The van der Waals surface area contributed by atoms with E-state index in [0.29, 0.717) is 18.0 Å². The van der Waals surface area contributed by atoms with Crippen LogP contribution in [-0.2, 0) is 4.79 Å². The number of hydrogen-bond acceptors (Lipinski definition) is 4. The summed E-state index contributed by atoms with van der Waals surface area (Å²) in [5, 5.41) is 12.4. The standard InChI is InChI=1S/C20H29N3O3/c1-2-19(24)21-16-7-8-18(17(12-16)20(25)26)23-11-5-6-15(14-23)13-22-9-3-4-10-22/h7-8,12,15H,2-6,9-11,13-14H2,1H3,(H,21,24)(H,25,26). The fourth-order valence-corrected chi connectivity index (χ4v) is 4.07. The Kier molecular flexibility index (Phi) is 6.14. The van der Waals surface area contributed by atoms with Crippen LogP contribution in [-0.4, -0.2) is 54.6 Å². The van der Waals surface area contributed by atoms with Crippen molar-refractivity contribution in [1.82, 2.24) is 4.90 Å². The summed E-state index contributed by atoms with van der Waals surface area (Å²) in [7, 11) is 0. The van der Waals surface area contributed by atoms with Crippen molar-refractivity contribution in [2.24, 2.45) is 5.92 Å². The molecule has 0 saturated carbocycles. The normalized spacial score (nSPS) is 21.0. The van der Waals surface area contributed by atoms with Crippen LogP contribution < -0.4 is 10.2 Å². The first-order valence-electron chi connectivity index (χ1n) is 9.71. The van der Waals surface area contributed by atoms with Gasteiger partial charge in [-0.1, -0.05) is 6.92 Å². The Morgan fingerprint density at radius 3 is 2.65 bits per heavy atom. The molecule has 6 heteroatoms. The smallest absolute Gasteiger partial charge is 0.337 e. The highest BCUT2D eigenvalue weighted by molar-refractivity contribution is 5.98. The van der Waals surface area contributed by atoms with Gasteiger partial charge in [-0.3, -0.25) is 4.79 Å². The molecule has 1 aromatic rings. The number of carbonyl (C=O) groups is 2. The minimum Gasteiger partial charge on any atom is -0.478 e. The van der Waals surface area contributed by atoms with Gasteiger partial charge >= 0.3 is 5.97 Å². The van der Waals surface area contributed by atoms with E-state index in [2.05, 4.69) is 15.1 Å². The maximum atomic E-state index is 11.8. The number of nitrogens with zero attached hydrogens (tertiary/aromatic N) is 2. The predicted molar refractivity (Wildman–Crippen MR) is 103 cm³/mol. The molecule has 0 aliphatic carbocycles. The van der Waals surface area contributed by atoms with Gasteiger partial charge in [-0.05, 0) is 62.9 Å². The largest absolute Gasteiger partial charge is 0.478 e. The lowest BCUT2D eigenvalue weighted by Gasteiger charge is -2.36. The SMILES string of the molecule is CCC(=O)Nc1ccc(N2CCCC(CN3CCCC3)C2)c(C(=O)O)c1. The molecule has 2 aliphatic rings. The first-order chi connectivity index (χ1) is 12.6. The summed E-state index contributed by atoms with van der Waals surface area (Å²) in [6.45, 7) is 7.07. The van der Waals surface area contributed by atoms with Crippen LogP contribution in [0, 0.1) is 5.92 Å². The quantitative estimate of drug-likeness (QED) is 0.817. The van der Waals surface area contributed by atoms with Crippen molar-refractivity contribution in [3.05, 3.63) is 23.8 Å². The molecule has 6 nitrogen and oxygen atoms in total. The van der Waals surface area contributed by atoms with E-state index < -0.39 is 5.97 Å². The number of carboxylic acid groups (broad SMARTS) is 1. The highest BCUT2D eigenvalue weighted by atomic mass is 16.4. The van der Waals surface area contributed by atoms with Crippen LogP contribution in [0.15, 0.2) is 18.2 Å². The molecule has 1 atom stereocenters. The van der Waals surface area contributed by atoms with Gasteiger partial charge in [0, 0.05) is 31.7 Å². The molecule has 2 fully saturated rings. The average Bonchev–Trinajstić information content (AvgIpc) is 3.14. The van der Waals surface area contributed by atoms with Crippen LogP contribution in [0.5, 0.6) is 0 Å². The van der Waals surface area contributed by atoms with Crippen molar-refractivity contribution >= 4 is 23.3 Å². The Labute approximate surface area is 155 Å². The van der Waals surface area contributed by atoms with Crippen molar-refractivity contribution in [1.29, 1.82) is 0 Å². The van der Waals surface area contributed by atoms with Crippen LogP contribution in [0.2, 0.25) is 0 Å². The van der Waals surface area contributed by atoms with Crippen LogP contribution >= 0.6 is 0 Å². The molecule has 3 rings (SSSR count). The van der Waals surface area contributed by atoms with E-state index in [1.807, 2.05) is 6.07 Å². The summed E-state index contributed by atoms with van der Waals surface area (Å²) in [5.74, 6) is -0.477. The van der Waals surface area contributed by atoms with Crippen molar-refractivity contribution < 1.29 is 14.7 Å². The lowest BCUT2D eigenvalue weighted by atomic mass is 9.96. The van der Waals surface area contributed by atoms with E-state index in [1.54, 1.807) is 19.1 Å². The van der Waals surface area contributed by atoms with Crippen molar-refractivity contribution in [2.75, 3.05) is 42.9 Å². The zero-order chi connectivity index (χ0) is 18.5. The fraction of sp³-hybridized carbons (Fsp3) is 0.600. The van der Waals surface area contributed by atoms with Crippen LogP contribution in [0.4, 0.5) is 11.4 Å². The molecular weight excluding hydrogens is 330 g/mol. The molecular formula is C20H29N3O3. The number of carboxylic acids is 1. The van der Waals surface area contributed by atoms with E-state index in [-0.39, 0.29) is 11.5 Å². The molecule has 0 radical (unpaired) electrons. The number of anilines is 2. The molecule has 0 bridgehead atoms. The maximum absolute atomic E-state index is 11.8. The van der Waals surface area contributed by atoms with Crippen LogP contribution in [0.25, 0.3) is 0 Å². The number of nitrogens with one attached hydrogen (secondary N) is 1. The predicted octanol–water partition coefficient (Wildman–Crippen LogP) is 3.05. The van der Waals surface area contributed by atoms with Gasteiger partial charge in [0.15, 0.2) is 0 Å². The molecule has 26 heavy (non-hydrogen) atoms. The van der Waals surface area contributed by atoms with Crippen molar-refractivity contribution in [2.45, 2.75) is 39.0 Å². The number of benzene rings is 1. The van der Waals surface area contributed by atoms with Gasteiger partial charge in [-0.2, -0.15) is 0 Å². The minimum atomic E-state index is -0.950. The molecule has 142 valence electrons. The summed E-state index contributed by atoms with van der Waals surface area (Å²) < 4.78 is 0. The zero-order valence-corrected chi connectivity index (χ0v) is 15.5. The summed E-state index contributed by atoms with van der Waals surface area (Å²) in [4.78, 5) is 28.1. The Morgan fingerprint density at radius 2 is 1.96 bits per heavy atom. The van der Waals surface area contributed by atoms with Gasteiger partial charge < -0.3 is 20.2 Å². The third-order valence-electron chi connectivity index (χ3n) is 5.41. The van der Waals surface area contributed by atoms with Gasteiger partial charge in [0.25, 0.3) is 0 Å². The second kappa shape index (κ2) is 8.54. The minimum absolute atomic E-state index is 0.113. The Morgan fingerprint density at radius 1 is 1.19 bits per heavy atom. The van der Waals surface area contributed by atoms with Crippen molar-refractivity contribution in [3.63, 3.8) is 0 Å². The monoisotopic (exact) mass is 359 g/mol. The molecule has 1 aromatic carbocycles. The highest BCUT2D eigenvalue weighted by Crippen LogP contribution is 2.29. The molecule has 2 aliphatic heterocycles. The molecule has 1 unspecified atom stereocenters. The van der Waals surface area contributed by atoms with Gasteiger partial charge in [0.05, 0.1) is 11.3 Å². The number of aromatic carboxylic acids is 1. The lowest BCUT2D eigenvalue weighted by molar-refractivity contribution is -0.115. The maximum Gasteiger partial charge on any atom is 0.337 e. The number of piperidine rings is 1. The summed E-state index contributed by atoms with van der Waals surface area (Å²) in [6.07, 6.45) is 5.26. The molecule has 0 aromatic heterocycles. The third-order valence-corrected chi connectivity index (χ3v) is 5.41. The molecule has 2 heterocycles. The van der Waals surface area contributed by atoms with E-state index in [0.717, 1.165) is 31.7 Å². The summed E-state index contributed by atoms with van der Waals surface area (Å²) in [5.41, 5.74) is 1.57. The average molecular weight is 359 g/mol. The topological polar surface area (TPSA) is 72.9 Å².